The lowest BCUT2D eigenvalue weighted by Gasteiger charge is -2.32. The van der Waals surface area contributed by atoms with Gasteiger partial charge < -0.3 is 58.4 Å². The SMILES string of the molecule is CCNC(=O)[C@@H]1CCCN1C(=O)[C@H](CCCN=C(N)N)NC(=O)[C@H](NC(=O)[C@H](Cc1c[nH]c2ccccc12)NC(=O)[C@@H](NC(=O)[C@H](NC(C)=O)[C@@H](C)CC)[C@@H](C)O)[C@@H](C)CC. The molecule has 2 aromatic rings. The lowest BCUT2D eigenvalue weighted by atomic mass is 9.96. The van der Waals surface area contributed by atoms with Crippen LogP contribution in [0.15, 0.2) is 35.5 Å². The Bertz CT molecular complexity index is 1860. The summed E-state index contributed by atoms with van der Waals surface area (Å²) in [6.07, 6.45) is 2.72. The number of para-hydroxylation sites is 1. The number of carbonyl (C=O) groups is 7. The molecule has 9 atom stereocenters. The molecule has 7 amide bonds. The maximum atomic E-state index is 14.5. The first-order chi connectivity index (χ1) is 28.9. The van der Waals surface area contributed by atoms with Crippen LogP contribution in [0.4, 0.5) is 0 Å². The number of nitrogens with zero attached hydrogens (tertiary/aromatic N) is 2. The van der Waals surface area contributed by atoms with Crippen molar-refractivity contribution in [3.05, 3.63) is 36.0 Å². The second-order valence-corrected chi connectivity index (χ2v) is 15.9. The molecule has 0 saturated carbocycles. The second-order valence-electron chi connectivity index (χ2n) is 15.9. The largest absolute Gasteiger partial charge is 0.391 e. The molecular weight excluding hydrogens is 787 g/mol. The van der Waals surface area contributed by atoms with Crippen LogP contribution in [-0.2, 0) is 40.0 Å². The van der Waals surface area contributed by atoms with Crippen LogP contribution in [0, 0.1) is 11.8 Å². The highest BCUT2D eigenvalue weighted by Gasteiger charge is 2.40. The number of fused-ring (bicyclic) bond motifs is 1. The number of likely N-dealkylation sites (N-methyl/N-ethyl adjacent to an activating group) is 1. The van der Waals surface area contributed by atoms with Gasteiger partial charge in [-0.05, 0) is 63.0 Å². The van der Waals surface area contributed by atoms with E-state index in [0.29, 0.717) is 50.8 Å². The summed E-state index contributed by atoms with van der Waals surface area (Å²) in [7, 11) is 0. The van der Waals surface area contributed by atoms with Crippen LogP contribution >= 0.6 is 0 Å². The van der Waals surface area contributed by atoms with Crippen LogP contribution in [0.1, 0.15) is 92.6 Å². The van der Waals surface area contributed by atoms with Crippen LogP contribution in [0.25, 0.3) is 10.9 Å². The molecule has 12 N–H and O–H groups in total. The van der Waals surface area contributed by atoms with Crippen LogP contribution in [-0.4, -0.2) is 124 Å². The van der Waals surface area contributed by atoms with Gasteiger partial charge in [0.15, 0.2) is 5.96 Å². The highest BCUT2D eigenvalue weighted by Crippen LogP contribution is 2.22. The van der Waals surface area contributed by atoms with Gasteiger partial charge in [0.1, 0.15) is 36.3 Å². The molecule has 0 unspecified atom stereocenters. The van der Waals surface area contributed by atoms with E-state index in [1.807, 2.05) is 38.1 Å². The predicted molar refractivity (Wildman–Crippen MR) is 231 cm³/mol. The van der Waals surface area contributed by atoms with E-state index in [4.69, 9.17) is 11.5 Å². The molecular formula is C42H67N11O8. The molecule has 1 aliphatic rings. The van der Waals surface area contributed by atoms with Gasteiger partial charge in [0.25, 0.3) is 0 Å². The fourth-order valence-corrected chi connectivity index (χ4v) is 7.33. The van der Waals surface area contributed by atoms with Crippen molar-refractivity contribution >= 4 is 58.2 Å². The molecule has 61 heavy (non-hydrogen) atoms. The Morgan fingerprint density at radius 3 is 2.03 bits per heavy atom. The number of nitrogens with two attached hydrogens (primary N) is 2. The zero-order valence-corrected chi connectivity index (χ0v) is 36.5. The molecule has 0 aliphatic carbocycles. The topological polar surface area (TPSA) is 295 Å². The number of aliphatic hydroxyl groups is 1. The summed E-state index contributed by atoms with van der Waals surface area (Å²) in [5.74, 6) is -5.04. The number of aromatic nitrogens is 1. The molecule has 2 heterocycles. The maximum Gasteiger partial charge on any atom is 0.245 e. The fraction of sp³-hybridized carbons (Fsp3) is 0.619. The highest BCUT2D eigenvalue weighted by atomic mass is 16.3. The molecule has 0 spiro atoms. The van der Waals surface area contributed by atoms with Crippen molar-refractivity contribution in [2.45, 2.75) is 136 Å². The summed E-state index contributed by atoms with van der Waals surface area (Å²) >= 11 is 0. The lowest BCUT2D eigenvalue weighted by molar-refractivity contribution is -0.142. The van der Waals surface area contributed by atoms with Gasteiger partial charge in [-0.2, -0.15) is 0 Å². The molecule has 1 saturated heterocycles. The van der Waals surface area contributed by atoms with Gasteiger partial charge in [-0.15, -0.1) is 0 Å². The first-order valence-electron chi connectivity index (χ1n) is 21.3. The molecule has 0 bridgehead atoms. The standard InChI is InChI=1S/C42H67N11O8/c1-8-23(4)33(48-26(7)55)39(59)52-35(25(6)54)40(60)50-31(21-27-22-47-29-16-12-11-15-28(27)29)36(56)51-34(24(5)9-2)38(58)49-30(17-13-19-46-42(43)44)41(61)53-20-14-18-32(53)37(57)45-10-3/h11-12,15-16,22-25,30-35,47,54H,8-10,13-14,17-21H2,1-7H3,(H,45,57)(H,48,55)(H,49,58)(H,50,60)(H,51,56)(H,52,59)(H4,43,44,46)/t23-,24-,25+,30-,31-,32-,33+,34+,35-/m0/s1. The second kappa shape index (κ2) is 23.9. The van der Waals surface area contributed by atoms with Gasteiger partial charge in [-0.1, -0.05) is 58.7 Å². The molecule has 1 fully saturated rings. The van der Waals surface area contributed by atoms with Crippen LogP contribution in [0.3, 0.4) is 0 Å². The summed E-state index contributed by atoms with van der Waals surface area (Å²) in [6, 6.07) is 0.542. The summed E-state index contributed by atoms with van der Waals surface area (Å²) in [5, 5.41) is 27.9. The lowest BCUT2D eigenvalue weighted by Crippen LogP contribution is -2.62. The Labute approximate surface area is 357 Å². The van der Waals surface area contributed by atoms with E-state index in [1.54, 1.807) is 27.0 Å². The summed E-state index contributed by atoms with van der Waals surface area (Å²) < 4.78 is 0. The van der Waals surface area contributed by atoms with Crippen LogP contribution < -0.4 is 43.4 Å². The molecule has 19 heteroatoms. The van der Waals surface area contributed by atoms with Crippen molar-refractivity contribution in [3.8, 4) is 0 Å². The van der Waals surface area contributed by atoms with Crippen molar-refractivity contribution in [1.82, 2.24) is 41.8 Å². The van der Waals surface area contributed by atoms with Crippen molar-refractivity contribution < 1.29 is 38.7 Å². The molecule has 3 rings (SSSR count). The third-order valence-electron chi connectivity index (χ3n) is 11.2. The average Bonchev–Trinajstić information content (AvgIpc) is 3.88. The number of likely N-dealkylation sites (tertiary alicyclic amines) is 1. The molecule has 0 radical (unpaired) electrons. The Balaban J connectivity index is 1.96. The molecule has 1 aliphatic heterocycles. The Hall–Kier alpha value is -5.72. The summed E-state index contributed by atoms with van der Waals surface area (Å²) in [6.45, 7) is 12.5. The van der Waals surface area contributed by atoms with Crippen LogP contribution in [0.2, 0.25) is 0 Å². The number of hydrogen-bond donors (Lipinski definition) is 10. The molecule has 19 nitrogen and oxygen atoms in total. The van der Waals surface area contributed by atoms with E-state index in [2.05, 4.69) is 41.9 Å². The van der Waals surface area contributed by atoms with E-state index < -0.39 is 83.7 Å². The van der Waals surface area contributed by atoms with Crippen molar-refractivity contribution in [1.29, 1.82) is 0 Å². The summed E-state index contributed by atoms with van der Waals surface area (Å²) in [4.78, 5) is 104. The van der Waals surface area contributed by atoms with E-state index in [0.717, 1.165) is 10.9 Å². The Kier molecular flexibility index (Phi) is 19.5. The smallest absolute Gasteiger partial charge is 0.245 e. The number of aromatic amines is 1. The Morgan fingerprint density at radius 2 is 1.43 bits per heavy atom. The number of hydrogen-bond acceptors (Lipinski definition) is 9. The number of H-pyrrole nitrogens is 1. The zero-order chi connectivity index (χ0) is 45.4. The fourth-order valence-electron chi connectivity index (χ4n) is 7.33. The van der Waals surface area contributed by atoms with Crippen LogP contribution in [0.5, 0.6) is 0 Å². The molecule has 1 aromatic carbocycles. The van der Waals surface area contributed by atoms with E-state index in [1.165, 1.54) is 18.7 Å². The predicted octanol–water partition coefficient (Wildman–Crippen LogP) is -0.192. The first-order valence-corrected chi connectivity index (χ1v) is 21.3. The van der Waals surface area contributed by atoms with E-state index >= 15 is 0 Å². The Morgan fingerprint density at radius 1 is 0.836 bits per heavy atom. The number of guanidine groups is 1. The third kappa shape index (κ3) is 14.2. The summed E-state index contributed by atoms with van der Waals surface area (Å²) in [5.41, 5.74) is 12.5. The minimum Gasteiger partial charge on any atom is -0.391 e. The number of nitrogens with one attached hydrogen (secondary N) is 7. The minimum absolute atomic E-state index is 0.0552. The van der Waals surface area contributed by atoms with E-state index in [-0.39, 0.29) is 37.2 Å². The van der Waals surface area contributed by atoms with E-state index in [9.17, 15) is 38.7 Å². The number of benzene rings is 1. The van der Waals surface area contributed by atoms with Gasteiger partial charge in [0, 0.05) is 50.1 Å². The van der Waals surface area contributed by atoms with Crippen molar-refractivity contribution in [2.75, 3.05) is 19.6 Å². The van der Waals surface area contributed by atoms with Crippen molar-refractivity contribution in [3.63, 3.8) is 0 Å². The number of rotatable bonds is 23. The van der Waals surface area contributed by atoms with Gasteiger partial charge in [-0.3, -0.25) is 38.6 Å². The minimum atomic E-state index is -1.53. The number of carbonyl (C=O) groups excluding carboxylic acids is 7. The highest BCUT2D eigenvalue weighted by molar-refractivity contribution is 5.98. The normalized spacial score (nSPS) is 17.6. The number of aliphatic imine (C=N–C) groups is 1. The van der Waals surface area contributed by atoms with Crippen molar-refractivity contribution in [2.24, 2.45) is 28.3 Å². The molecule has 1 aromatic heterocycles. The monoisotopic (exact) mass is 854 g/mol. The van der Waals surface area contributed by atoms with Gasteiger partial charge in [0.2, 0.25) is 41.4 Å². The number of aliphatic hydroxyl groups excluding tert-OH is 1. The van der Waals surface area contributed by atoms with Gasteiger partial charge >= 0.3 is 0 Å². The molecule has 338 valence electrons. The van der Waals surface area contributed by atoms with Gasteiger partial charge in [0.05, 0.1) is 6.10 Å². The maximum absolute atomic E-state index is 14.5. The average molecular weight is 854 g/mol. The zero-order valence-electron chi connectivity index (χ0n) is 36.5. The third-order valence-corrected chi connectivity index (χ3v) is 11.2. The number of amides is 7. The van der Waals surface area contributed by atoms with Gasteiger partial charge in [-0.25, -0.2) is 0 Å². The first kappa shape index (κ1) is 49.6. The quantitative estimate of drug-likeness (QED) is 0.0399.